The molecule has 0 aliphatic heterocycles. The lowest BCUT2D eigenvalue weighted by Gasteiger charge is -2.69. The number of ketones is 1. The van der Waals surface area contributed by atoms with E-state index in [1.807, 2.05) is 6.92 Å². The summed E-state index contributed by atoms with van der Waals surface area (Å²) in [6, 6.07) is 2.67. The molecule has 206 valence electrons. The highest BCUT2D eigenvalue weighted by Crippen LogP contribution is 2.75. The molecule has 0 spiro atoms. The summed E-state index contributed by atoms with van der Waals surface area (Å²) in [4.78, 5) is 13.4. The number of phosphoric acid groups is 1. The number of phosphoric ester groups is 1. The Morgan fingerprint density at radius 2 is 1.63 bits per heavy atom. The standard InChI is InChI=1S/C31H42NO5P/c1-20-21-9-10-24-29(4,22(21)17-23(33)26(20)37-38(34,35-7)36-8)14-16-31(6)25-18-27(2,19-32)11-12-28(25,3)13-15-30(24,31)5/h9-10,17,25H,11-16,18H2,1-8H3/t25-,27-,28-,29+,30-,31+/m1/s1. The Kier molecular flexibility index (Phi) is 6.20. The van der Waals surface area contributed by atoms with Crippen molar-refractivity contribution in [3.05, 3.63) is 46.3 Å². The normalized spacial score (nSPS) is 42.4. The van der Waals surface area contributed by atoms with Crippen LogP contribution >= 0.6 is 7.82 Å². The Morgan fingerprint density at radius 3 is 2.26 bits per heavy atom. The molecule has 6 atom stereocenters. The first-order valence-electron chi connectivity index (χ1n) is 13.9. The van der Waals surface area contributed by atoms with Crippen molar-refractivity contribution in [1.82, 2.24) is 0 Å². The summed E-state index contributed by atoms with van der Waals surface area (Å²) in [5, 5.41) is 10.0. The van der Waals surface area contributed by atoms with Gasteiger partial charge in [0.05, 0.1) is 11.5 Å². The third kappa shape index (κ3) is 3.58. The topological polar surface area (TPSA) is 85.6 Å². The number of carbonyl (C=O) groups is 1. The lowest BCUT2D eigenvalue weighted by Crippen LogP contribution is -2.61. The van der Waals surface area contributed by atoms with Crippen molar-refractivity contribution >= 4 is 13.6 Å². The number of nitriles is 1. The third-order valence-corrected chi connectivity index (χ3v) is 13.1. The Morgan fingerprint density at radius 1 is 0.974 bits per heavy atom. The van der Waals surface area contributed by atoms with Gasteiger partial charge in [0.2, 0.25) is 5.78 Å². The van der Waals surface area contributed by atoms with E-state index in [0.29, 0.717) is 11.5 Å². The average Bonchev–Trinajstić information content (AvgIpc) is 2.89. The number of allylic oxidation sites excluding steroid dienone is 7. The Hall–Kier alpha value is -1.93. The maximum absolute atomic E-state index is 13.4. The molecular weight excluding hydrogens is 497 g/mol. The maximum atomic E-state index is 13.4. The van der Waals surface area contributed by atoms with E-state index in [1.165, 1.54) is 19.8 Å². The van der Waals surface area contributed by atoms with Crippen LogP contribution in [0.15, 0.2) is 46.3 Å². The molecule has 0 unspecified atom stereocenters. The van der Waals surface area contributed by atoms with Gasteiger partial charge in [-0.3, -0.25) is 13.8 Å². The van der Waals surface area contributed by atoms with Crippen LogP contribution in [0.4, 0.5) is 0 Å². The zero-order valence-corrected chi connectivity index (χ0v) is 25.1. The molecular formula is C31H42NO5P. The fourth-order valence-electron chi connectivity index (χ4n) is 8.92. The van der Waals surface area contributed by atoms with Crippen LogP contribution in [0.25, 0.3) is 0 Å². The molecule has 5 aliphatic rings. The predicted octanol–water partition coefficient (Wildman–Crippen LogP) is 8.00. The van der Waals surface area contributed by atoms with Crippen molar-refractivity contribution in [2.24, 2.45) is 33.0 Å². The Balaban J connectivity index is 1.60. The fraction of sp³-hybridized carbons (Fsp3) is 0.677. The molecule has 0 aromatic carbocycles. The highest BCUT2D eigenvalue weighted by molar-refractivity contribution is 7.48. The fourth-order valence-corrected chi connectivity index (χ4v) is 9.67. The number of fused-ring (bicyclic) bond motifs is 7. The Labute approximate surface area is 227 Å². The summed E-state index contributed by atoms with van der Waals surface area (Å²) >= 11 is 0. The molecule has 5 aliphatic carbocycles. The van der Waals surface area contributed by atoms with Crippen LogP contribution in [0.2, 0.25) is 0 Å². The monoisotopic (exact) mass is 539 g/mol. The smallest absolute Gasteiger partial charge is 0.400 e. The largest absolute Gasteiger partial charge is 0.529 e. The number of hydrogen-bond acceptors (Lipinski definition) is 6. The number of nitrogens with zero attached hydrogens (tertiary/aromatic N) is 1. The second-order valence-electron chi connectivity index (χ2n) is 13.6. The Bertz CT molecular complexity index is 1310. The molecule has 0 N–H and O–H groups in total. The molecule has 3 saturated carbocycles. The SMILES string of the molecule is COP(=O)(OC)OC1=C(C)C2=CC=C3[C@@](C)(CC[C@@]4(C)[C@@H]5C[C@](C)(C#N)CC[C@]5(C)CC[C@]34C)C2=CC1=O. The zero-order chi connectivity index (χ0) is 27.9. The average molecular weight is 540 g/mol. The van der Waals surface area contributed by atoms with Crippen molar-refractivity contribution in [2.45, 2.75) is 86.5 Å². The van der Waals surface area contributed by atoms with Crippen molar-refractivity contribution in [1.29, 1.82) is 5.26 Å². The van der Waals surface area contributed by atoms with Gasteiger partial charge in [-0.25, -0.2) is 4.57 Å². The molecule has 0 radical (unpaired) electrons. The van der Waals surface area contributed by atoms with Crippen LogP contribution in [-0.2, 0) is 22.9 Å². The summed E-state index contributed by atoms with van der Waals surface area (Å²) in [6.07, 6.45) is 13.4. The second-order valence-corrected chi connectivity index (χ2v) is 15.4. The lowest BCUT2D eigenvalue weighted by molar-refractivity contribution is -0.155. The summed E-state index contributed by atoms with van der Waals surface area (Å²) < 4.78 is 28.1. The molecule has 0 aromatic heterocycles. The van der Waals surface area contributed by atoms with E-state index >= 15 is 0 Å². The molecule has 38 heavy (non-hydrogen) atoms. The molecule has 7 heteroatoms. The minimum Gasteiger partial charge on any atom is -0.400 e. The molecule has 6 nitrogen and oxygen atoms in total. The summed E-state index contributed by atoms with van der Waals surface area (Å²) in [6.45, 7) is 13.7. The maximum Gasteiger partial charge on any atom is 0.529 e. The highest BCUT2D eigenvalue weighted by Gasteiger charge is 2.66. The second kappa shape index (κ2) is 8.53. The molecule has 5 rings (SSSR count). The molecule has 3 fully saturated rings. The van der Waals surface area contributed by atoms with E-state index in [2.05, 4.69) is 52.8 Å². The van der Waals surface area contributed by atoms with Gasteiger partial charge in [0, 0.05) is 25.2 Å². The van der Waals surface area contributed by atoms with E-state index < -0.39 is 7.82 Å². The van der Waals surface area contributed by atoms with Crippen molar-refractivity contribution in [3.63, 3.8) is 0 Å². The minimum absolute atomic E-state index is 0.0192. The number of rotatable bonds is 4. The first kappa shape index (κ1) is 27.6. The van der Waals surface area contributed by atoms with Crippen LogP contribution in [-0.4, -0.2) is 20.0 Å². The van der Waals surface area contributed by atoms with Gasteiger partial charge in [0.15, 0.2) is 5.76 Å². The van der Waals surface area contributed by atoms with Crippen molar-refractivity contribution < 1.29 is 22.9 Å². The first-order chi connectivity index (χ1) is 17.6. The molecule has 0 amide bonds. The van der Waals surface area contributed by atoms with Gasteiger partial charge in [-0.05, 0) is 98.2 Å². The predicted molar refractivity (Wildman–Crippen MR) is 147 cm³/mol. The van der Waals surface area contributed by atoms with Gasteiger partial charge in [-0.15, -0.1) is 0 Å². The quantitative estimate of drug-likeness (QED) is 0.337. The van der Waals surface area contributed by atoms with E-state index in [-0.39, 0.29) is 38.6 Å². The van der Waals surface area contributed by atoms with Gasteiger partial charge in [0.25, 0.3) is 0 Å². The molecule has 0 heterocycles. The van der Waals surface area contributed by atoms with Gasteiger partial charge in [0.1, 0.15) is 0 Å². The number of hydrogen-bond donors (Lipinski definition) is 0. The van der Waals surface area contributed by atoms with Gasteiger partial charge in [-0.1, -0.05) is 45.4 Å². The summed E-state index contributed by atoms with van der Waals surface area (Å²) in [5.41, 5.74) is 3.78. The molecule has 0 bridgehead atoms. The highest BCUT2D eigenvalue weighted by atomic mass is 31.2. The van der Waals surface area contributed by atoms with E-state index in [9.17, 15) is 14.6 Å². The van der Waals surface area contributed by atoms with Crippen molar-refractivity contribution in [3.8, 4) is 6.07 Å². The molecule has 0 saturated heterocycles. The molecule has 0 aromatic rings. The van der Waals surface area contributed by atoms with Crippen LogP contribution in [0.3, 0.4) is 0 Å². The minimum atomic E-state index is -3.86. The first-order valence-corrected chi connectivity index (χ1v) is 15.3. The van der Waals surface area contributed by atoms with Gasteiger partial charge < -0.3 is 4.52 Å². The van der Waals surface area contributed by atoms with Crippen LogP contribution in [0, 0.1) is 44.3 Å². The number of carbonyl (C=O) groups excluding carboxylic acids is 1. The lowest BCUT2D eigenvalue weighted by atomic mass is 9.34. The van der Waals surface area contributed by atoms with Crippen LogP contribution in [0.1, 0.15) is 86.5 Å². The van der Waals surface area contributed by atoms with E-state index in [4.69, 9.17) is 13.6 Å². The van der Waals surface area contributed by atoms with Gasteiger partial charge in [-0.2, -0.15) is 5.26 Å². The van der Waals surface area contributed by atoms with E-state index in [0.717, 1.165) is 56.1 Å². The summed E-state index contributed by atoms with van der Waals surface area (Å²) in [5.74, 6) is 0.188. The van der Waals surface area contributed by atoms with E-state index in [1.54, 1.807) is 6.08 Å². The third-order valence-electron chi connectivity index (χ3n) is 11.8. The van der Waals surface area contributed by atoms with Crippen LogP contribution < -0.4 is 0 Å². The van der Waals surface area contributed by atoms with Crippen LogP contribution in [0.5, 0.6) is 0 Å². The van der Waals surface area contributed by atoms with Gasteiger partial charge >= 0.3 is 7.82 Å². The zero-order valence-electron chi connectivity index (χ0n) is 24.2. The van der Waals surface area contributed by atoms with Crippen molar-refractivity contribution in [2.75, 3.05) is 14.2 Å². The summed E-state index contributed by atoms with van der Waals surface area (Å²) in [7, 11) is -1.38.